The number of ketones is 1. The first-order chi connectivity index (χ1) is 7.88. The largest absolute Gasteiger partial charge is 0.370 e. The lowest BCUT2D eigenvalue weighted by Gasteiger charge is -2.40. The molecule has 1 heterocycles. The van der Waals surface area contributed by atoms with E-state index in [0.717, 1.165) is 13.1 Å². The third-order valence-electron chi connectivity index (χ3n) is 3.55. The zero-order valence-electron chi connectivity index (χ0n) is 11.2. The lowest BCUT2D eigenvalue weighted by molar-refractivity contribution is -0.121. The second-order valence-electron chi connectivity index (χ2n) is 6.01. The van der Waals surface area contributed by atoms with Crippen molar-refractivity contribution < 1.29 is 4.79 Å². The van der Waals surface area contributed by atoms with Gasteiger partial charge in [-0.1, -0.05) is 32.9 Å². The third-order valence-corrected chi connectivity index (χ3v) is 3.55. The van der Waals surface area contributed by atoms with Gasteiger partial charge in [0.25, 0.3) is 0 Å². The summed E-state index contributed by atoms with van der Waals surface area (Å²) in [5.41, 5.74) is 2.79. The van der Waals surface area contributed by atoms with Gasteiger partial charge in [-0.05, 0) is 30.0 Å². The summed E-state index contributed by atoms with van der Waals surface area (Å²) in [6.45, 7) is 10.1. The van der Waals surface area contributed by atoms with Crippen LogP contribution < -0.4 is 4.90 Å². The van der Waals surface area contributed by atoms with Crippen LogP contribution in [0.3, 0.4) is 0 Å². The van der Waals surface area contributed by atoms with Crippen LogP contribution in [0.25, 0.3) is 0 Å². The van der Waals surface area contributed by atoms with Crippen molar-refractivity contribution in [2.24, 2.45) is 5.92 Å². The van der Waals surface area contributed by atoms with E-state index in [1.165, 1.54) is 11.3 Å². The van der Waals surface area contributed by atoms with E-state index < -0.39 is 0 Å². The molecule has 0 aromatic heterocycles. The zero-order chi connectivity index (χ0) is 12.6. The molecule has 0 atom stereocenters. The van der Waals surface area contributed by atoms with Gasteiger partial charge in [0.15, 0.2) is 0 Å². The van der Waals surface area contributed by atoms with Gasteiger partial charge in [0.2, 0.25) is 0 Å². The van der Waals surface area contributed by atoms with Crippen molar-refractivity contribution in [1.82, 2.24) is 0 Å². The number of hydrogen-bond donors (Lipinski definition) is 0. The third kappa shape index (κ3) is 2.51. The summed E-state index contributed by atoms with van der Waals surface area (Å²) < 4.78 is 0. The fourth-order valence-corrected chi connectivity index (χ4v) is 2.12. The van der Waals surface area contributed by atoms with Crippen molar-refractivity contribution in [3.8, 4) is 0 Å². The van der Waals surface area contributed by atoms with Gasteiger partial charge in [0.05, 0.1) is 5.92 Å². The van der Waals surface area contributed by atoms with E-state index in [4.69, 9.17) is 0 Å². The molecule has 2 nitrogen and oxygen atoms in total. The highest BCUT2D eigenvalue weighted by Gasteiger charge is 2.30. The number of anilines is 1. The van der Waals surface area contributed by atoms with E-state index in [-0.39, 0.29) is 11.3 Å². The molecule has 0 spiro atoms. The molecule has 0 amide bonds. The monoisotopic (exact) mass is 231 g/mol. The molecule has 0 radical (unpaired) electrons. The van der Waals surface area contributed by atoms with Gasteiger partial charge < -0.3 is 4.90 Å². The Morgan fingerprint density at radius 3 is 2.12 bits per heavy atom. The molecule has 1 saturated heterocycles. The lowest BCUT2D eigenvalue weighted by atomic mass is 9.86. The lowest BCUT2D eigenvalue weighted by Crippen LogP contribution is -2.49. The number of carbonyl (C=O) groups excluding carboxylic acids is 1. The minimum Gasteiger partial charge on any atom is -0.370 e. The molecule has 1 aromatic rings. The Labute approximate surface area is 104 Å². The Balaban J connectivity index is 2.03. The molecule has 2 rings (SSSR count). The summed E-state index contributed by atoms with van der Waals surface area (Å²) >= 11 is 0. The van der Waals surface area contributed by atoms with Gasteiger partial charge in [-0.3, -0.25) is 4.79 Å². The van der Waals surface area contributed by atoms with Crippen molar-refractivity contribution in [3.05, 3.63) is 29.8 Å². The van der Waals surface area contributed by atoms with E-state index >= 15 is 0 Å². The topological polar surface area (TPSA) is 20.3 Å². The van der Waals surface area contributed by atoms with Gasteiger partial charge in [-0.2, -0.15) is 0 Å². The predicted molar refractivity (Wildman–Crippen MR) is 71.5 cm³/mol. The maximum absolute atomic E-state index is 11.2. The smallest absolute Gasteiger partial charge is 0.136 e. The van der Waals surface area contributed by atoms with E-state index in [1.807, 2.05) is 0 Å². The number of nitrogens with zero attached hydrogens (tertiary/aromatic N) is 1. The highest BCUT2D eigenvalue weighted by Crippen LogP contribution is 2.28. The average Bonchev–Trinajstić information content (AvgIpc) is 2.14. The minimum atomic E-state index is 0.204. The summed E-state index contributed by atoms with van der Waals surface area (Å²) in [7, 11) is 0. The summed E-state index contributed by atoms with van der Waals surface area (Å²) in [6.07, 6.45) is 0. The van der Waals surface area contributed by atoms with E-state index in [2.05, 4.69) is 49.9 Å². The van der Waals surface area contributed by atoms with Gasteiger partial charge in [-0.25, -0.2) is 0 Å². The van der Waals surface area contributed by atoms with Crippen molar-refractivity contribution in [1.29, 1.82) is 0 Å². The SMILES string of the molecule is CC(=O)C1CN(c2ccc(C(C)(C)C)cc2)C1. The van der Waals surface area contributed by atoms with Gasteiger partial charge in [0, 0.05) is 18.8 Å². The van der Waals surface area contributed by atoms with E-state index in [1.54, 1.807) is 6.92 Å². The minimum absolute atomic E-state index is 0.204. The molecule has 0 aliphatic carbocycles. The Morgan fingerprint density at radius 1 is 1.18 bits per heavy atom. The molecule has 17 heavy (non-hydrogen) atoms. The van der Waals surface area contributed by atoms with Gasteiger partial charge in [-0.15, -0.1) is 0 Å². The van der Waals surface area contributed by atoms with E-state index in [9.17, 15) is 4.79 Å². The first-order valence-electron chi connectivity index (χ1n) is 6.24. The van der Waals surface area contributed by atoms with Crippen LogP contribution in [0.4, 0.5) is 5.69 Å². The Kier molecular flexibility index (Phi) is 2.98. The van der Waals surface area contributed by atoms with Crippen LogP contribution in [0, 0.1) is 5.92 Å². The normalized spacial score (nSPS) is 16.8. The van der Waals surface area contributed by atoms with Crippen LogP contribution in [0.2, 0.25) is 0 Å². The fraction of sp³-hybridized carbons (Fsp3) is 0.533. The highest BCUT2D eigenvalue weighted by atomic mass is 16.1. The second-order valence-corrected chi connectivity index (χ2v) is 6.01. The molecular weight excluding hydrogens is 210 g/mol. The average molecular weight is 231 g/mol. The fourth-order valence-electron chi connectivity index (χ4n) is 2.12. The molecular formula is C15H21NO. The number of Topliss-reactive ketones (excluding diaryl/α,β-unsaturated/α-hetero) is 1. The Bertz CT molecular complexity index is 408. The molecule has 0 N–H and O–H groups in total. The number of benzene rings is 1. The van der Waals surface area contributed by atoms with Crippen LogP contribution in [0.5, 0.6) is 0 Å². The first kappa shape index (κ1) is 12.2. The highest BCUT2D eigenvalue weighted by molar-refractivity contribution is 5.81. The molecule has 1 aliphatic heterocycles. The maximum atomic E-state index is 11.2. The summed E-state index contributed by atoms with van der Waals surface area (Å²) in [5.74, 6) is 0.560. The van der Waals surface area contributed by atoms with Gasteiger partial charge >= 0.3 is 0 Å². The molecule has 1 fully saturated rings. The van der Waals surface area contributed by atoms with Crippen molar-refractivity contribution >= 4 is 11.5 Å². The maximum Gasteiger partial charge on any atom is 0.136 e. The number of hydrogen-bond acceptors (Lipinski definition) is 2. The molecule has 2 heteroatoms. The molecule has 0 saturated carbocycles. The van der Waals surface area contributed by atoms with Crippen LogP contribution in [-0.2, 0) is 10.2 Å². The number of carbonyl (C=O) groups is 1. The van der Waals surface area contributed by atoms with Crippen molar-refractivity contribution in [3.63, 3.8) is 0 Å². The van der Waals surface area contributed by atoms with Crippen LogP contribution in [0.1, 0.15) is 33.3 Å². The van der Waals surface area contributed by atoms with E-state index in [0.29, 0.717) is 5.78 Å². The number of rotatable bonds is 2. The van der Waals surface area contributed by atoms with Crippen molar-refractivity contribution in [2.75, 3.05) is 18.0 Å². The van der Waals surface area contributed by atoms with Crippen molar-refractivity contribution in [2.45, 2.75) is 33.1 Å². The summed E-state index contributed by atoms with van der Waals surface area (Å²) in [5, 5.41) is 0. The summed E-state index contributed by atoms with van der Waals surface area (Å²) in [6, 6.07) is 8.71. The first-order valence-corrected chi connectivity index (χ1v) is 6.24. The van der Waals surface area contributed by atoms with Crippen LogP contribution >= 0.6 is 0 Å². The predicted octanol–water partition coefficient (Wildman–Crippen LogP) is 3.01. The zero-order valence-corrected chi connectivity index (χ0v) is 11.2. The van der Waals surface area contributed by atoms with Gasteiger partial charge in [0.1, 0.15) is 5.78 Å². The molecule has 92 valence electrons. The summed E-state index contributed by atoms with van der Waals surface area (Å²) in [4.78, 5) is 13.4. The molecule has 1 aliphatic rings. The molecule has 1 aromatic carbocycles. The quantitative estimate of drug-likeness (QED) is 0.780. The van der Waals surface area contributed by atoms with Crippen LogP contribution in [-0.4, -0.2) is 18.9 Å². The second kappa shape index (κ2) is 4.17. The Hall–Kier alpha value is -1.31. The molecule has 0 bridgehead atoms. The van der Waals surface area contributed by atoms with Crippen LogP contribution in [0.15, 0.2) is 24.3 Å². The Morgan fingerprint density at radius 2 is 1.71 bits per heavy atom. The standard InChI is InChI=1S/C15H21NO/c1-11(17)12-9-16(10-12)14-7-5-13(6-8-14)15(2,3)4/h5-8,12H,9-10H2,1-4H3. The molecule has 0 unspecified atom stereocenters.